The van der Waals surface area contributed by atoms with Gasteiger partial charge in [-0.3, -0.25) is 9.36 Å². The van der Waals surface area contributed by atoms with Gasteiger partial charge >= 0.3 is 6.18 Å². The average Bonchev–Trinajstić information content (AvgIpc) is 3.26. The van der Waals surface area contributed by atoms with Gasteiger partial charge in [0, 0.05) is 18.9 Å². The standard InChI is InChI=1S/C25H19Cl3F3N3O3S/c1-38(36,37)24(28)12-16(15-6-3-2-4-7-15)10-11-20(24)34-13-19(23(35)32-14-25(29,30)31)33-22(34)21-17(26)8-5-9-18(21)27/h2-11,13H,12,14H2,1H3,(H,32,35). The predicted octanol–water partition coefficient (Wildman–Crippen LogP) is 6.46. The molecule has 0 aliphatic heterocycles. The molecule has 3 aromatic rings. The van der Waals surface area contributed by atoms with E-state index in [0.29, 0.717) is 5.57 Å². The maximum Gasteiger partial charge on any atom is 0.405 e. The summed E-state index contributed by atoms with van der Waals surface area (Å²) in [5.74, 6) is -1.21. The van der Waals surface area contributed by atoms with E-state index in [-0.39, 0.29) is 33.6 Å². The number of nitrogens with zero attached hydrogens (tertiary/aromatic N) is 2. The molecule has 1 N–H and O–H groups in total. The number of imidazole rings is 1. The second-order valence-electron chi connectivity index (χ2n) is 8.50. The molecule has 1 aromatic heterocycles. The molecule has 38 heavy (non-hydrogen) atoms. The van der Waals surface area contributed by atoms with Gasteiger partial charge in [-0.25, -0.2) is 13.4 Å². The van der Waals surface area contributed by atoms with Gasteiger partial charge < -0.3 is 5.32 Å². The predicted molar refractivity (Wildman–Crippen MR) is 143 cm³/mol. The monoisotopic (exact) mass is 603 g/mol. The van der Waals surface area contributed by atoms with Crippen molar-refractivity contribution in [3.63, 3.8) is 0 Å². The lowest BCUT2D eigenvalue weighted by Gasteiger charge is -2.33. The smallest absolute Gasteiger partial charge is 0.342 e. The zero-order valence-electron chi connectivity index (χ0n) is 19.6. The number of aromatic nitrogens is 2. The van der Waals surface area contributed by atoms with Crippen LogP contribution in [-0.4, -0.2) is 47.1 Å². The normalized spacial score (nSPS) is 18.1. The van der Waals surface area contributed by atoms with Crippen LogP contribution in [0.4, 0.5) is 13.2 Å². The number of nitrogens with one attached hydrogen (secondary N) is 1. The Balaban J connectivity index is 1.94. The number of amides is 1. The summed E-state index contributed by atoms with van der Waals surface area (Å²) in [6.45, 7) is -1.59. The van der Waals surface area contributed by atoms with E-state index in [1.165, 1.54) is 22.8 Å². The van der Waals surface area contributed by atoms with E-state index in [1.807, 2.05) is 6.07 Å². The minimum absolute atomic E-state index is 0.00490. The van der Waals surface area contributed by atoms with Crippen molar-refractivity contribution in [2.24, 2.45) is 0 Å². The van der Waals surface area contributed by atoms with E-state index < -0.39 is 38.4 Å². The average molecular weight is 605 g/mol. The Morgan fingerprint density at radius 3 is 2.29 bits per heavy atom. The molecule has 0 bridgehead atoms. The highest BCUT2D eigenvalue weighted by atomic mass is 35.5. The molecule has 0 saturated carbocycles. The lowest BCUT2D eigenvalue weighted by molar-refractivity contribution is -0.123. The van der Waals surface area contributed by atoms with Crippen molar-refractivity contribution < 1.29 is 26.4 Å². The molecule has 1 unspecified atom stereocenters. The van der Waals surface area contributed by atoms with Gasteiger partial charge in [-0.05, 0) is 29.3 Å². The van der Waals surface area contributed by atoms with Gasteiger partial charge in [-0.2, -0.15) is 13.2 Å². The van der Waals surface area contributed by atoms with Crippen LogP contribution in [0.5, 0.6) is 0 Å². The Hall–Kier alpha value is -2.79. The van der Waals surface area contributed by atoms with Crippen LogP contribution in [0.15, 0.2) is 66.9 Å². The molecule has 1 amide bonds. The number of hydrogen-bond donors (Lipinski definition) is 1. The molecule has 0 spiro atoms. The topological polar surface area (TPSA) is 81.1 Å². The summed E-state index contributed by atoms with van der Waals surface area (Å²) in [6, 6.07) is 13.6. The van der Waals surface area contributed by atoms with Crippen molar-refractivity contribution in [3.8, 4) is 11.4 Å². The summed E-state index contributed by atoms with van der Waals surface area (Å²) in [5, 5.41) is 1.98. The molecule has 4 rings (SSSR count). The van der Waals surface area contributed by atoms with Crippen LogP contribution < -0.4 is 5.32 Å². The van der Waals surface area contributed by atoms with Gasteiger partial charge in [0.25, 0.3) is 5.91 Å². The van der Waals surface area contributed by atoms with Gasteiger partial charge in [-0.1, -0.05) is 77.3 Å². The van der Waals surface area contributed by atoms with Crippen LogP contribution in [0.2, 0.25) is 10.0 Å². The largest absolute Gasteiger partial charge is 0.405 e. The van der Waals surface area contributed by atoms with Crippen LogP contribution >= 0.6 is 34.8 Å². The SMILES string of the molecule is CS(=O)(=O)C1(Cl)CC(c2ccccc2)=CC=C1n1cc(C(=O)NCC(F)(F)F)nc1-c1c(Cl)cccc1Cl. The minimum Gasteiger partial charge on any atom is -0.342 e. The van der Waals surface area contributed by atoms with Crippen molar-refractivity contribution in [2.75, 3.05) is 12.8 Å². The lowest BCUT2D eigenvalue weighted by atomic mass is 9.95. The Morgan fingerprint density at radius 1 is 1.08 bits per heavy atom. The van der Waals surface area contributed by atoms with Crippen LogP contribution in [0.25, 0.3) is 22.7 Å². The number of benzene rings is 2. The minimum atomic E-state index is -4.65. The highest BCUT2D eigenvalue weighted by Crippen LogP contribution is 2.47. The summed E-state index contributed by atoms with van der Waals surface area (Å²) in [7, 11) is -4.03. The molecule has 1 aliphatic carbocycles. The van der Waals surface area contributed by atoms with Gasteiger partial charge in [-0.15, -0.1) is 0 Å². The number of carbonyl (C=O) groups excluding carboxylic acids is 1. The molecule has 0 radical (unpaired) electrons. The first-order valence-electron chi connectivity index (χ1n) is 11.0. The fourth-order valence-corrected chi connectivity index (χ4v) is 5.79. The van der Waals surface area contributed by atoms with Crippen molar-refractivity contribution in [2.45, 2.75) is 16.8 Å². The lowest BCUT2D eigenvalue weighted by Crippen LogP contribution is -2.37. The summed E-state index contributed by atoms with van der Waals surface area (Å²) in [4.78, 5) is 16.8. The van der Waals surface area contributed by atoms with Gasteiger partial charge in [0.2, 0.25) is 0 Å². The first kappa shape index (κ1) is 28.2. The number of hydrogen-bond acceptors (Lipinski definition) is 4. The second-order valence-corrected chi connectivity index (χ2v) is 12.4. The molecule has 0 fully saturated rings. The molecule has 13 heteroatoms. The fourth-order valence-electron chi connectivity index (χ4n) is 3.96. The third-order valence-corrected chi connectivity index (χ3v) is 9.14. The first-order valence-corrected chi connectivity index (χ1v) is 14.0. The molecule has 2 aromatic carbocycles. The molecule has 1 heterocycles. The highest BCUT2D eigenvalue weighted by Gasteiger charge is 2.46. The van der Waals surface area contributed by atoms with Crippen LogP contribution in [0.3, 0.4) is 0 Å². The molecule has 0 saturated heterocycles. The number of alkyl halides is 4. The van der Waals surface area contributed by atoms with Crippen molar-refractivity contribution in [1.82, 2.24) is 14.9 Å². The maximum absolute atomic E-state index is 13.1. The van der Waals surface area contributed by atoms with E-state index in [9.17, 15) is 26.4 Å². The zero-order chi connectivity index (χ0) is 27.9. The second kappa shape index (κ2) is 10.4. The third-order valence-electron chi connectivity index (χ3n) is 5.81. The quantitative estimate of drug-likeness (QED) is 0.328. The van der Waals surface area contributed by atoms with Crippen LogP contribution in [0.1, 0.15) is 22.5 Å². The highest BCUT2D eigenvalue weighted by molar-refractivity contribution is 7.94. The third kappa shape index (κ3) is 5.63. The number of allylic oxidation sites excluding steroid dienone is 3. The fraction of sp³-hybridized carbons (Fsp3) is 0.200. The molecule has 1 atom stereocenters. The van der Waals surface area contributed by atoms with E-state index in [2.05, 4.69) is 4.98 Å². The number of carbonyl (C=O) groups is 1. The van der Waals surface area contributed by atoms with Gasteiger partial charge in [0.05, 0.1) is 21.3 Å². The van der Waals surface area contributed by atoms with Crippen LogP contribution in [-0.2, 0) is 9.84 Å². The number of sulfone groups is 1. The van der Waals surface area contributed by atoms with E-state index in [0.717, 1.165) is 18.0 Å². The molecule has 6 nitrogen and oxygen atoms in total. The molecule has 200 valence electrons. The van der Waals surface area contributed by atoms with E-state index in [1.54, 1.807) is 41.7 Å². The van der Waals surface area contributed by atoms with Crippen molar-refractivity contribution in [3.05, 3.63) is 88.2 Å². The summed E-state index contributed by atoms with van der Waals surface area (Å²) < 4.78 is 63.6. The zero-order valence-corrected chi connectivity index (χ0v) is 22.6. The Kier molecular flexibility index (Phi) is 7.73. The Labute approximate surface area is 231 Å². The summed E-state index contributed by atoms with van der Waals surface area (Å²) >= 11 is 19.6. The number of halogens is 6. The number of rotatable bonds is 6. The molecular weight excluding hydrogens is 586 g/mol. The van der Waals surface area contributed by atoms with Crippen LogP contribution in [0, 0.1) is 0 Å². The van der Waals surface area contributed by atoms with Gasteiger partial charge in [0.1, 0.15) is 18.1 Å². The summed E-state index contributed by atoms with van der Waals surface area (Å²) in [5.41, 5.74) is 1.09. The van der Waals surface area contributed by atoms with Gasteiger partial charge in [0.15, 0.2) is 14.0 Å². The Bertz CT molecular complexity index is 1550. The maximum atomic E-state index is 13.1. The molecular formula is C25H19Cl3F3N3O3S. The van der Waals surface area contributed by atoms with Crippen molar-refractivity contribution >= 4 is 61.8 Å². The first-order chi connectivity index (χ1) is 17.7. The van der Waals surface area contributed by atoms with E-state index in [4.69, 9.17) is 34.8 Å². The Morgan fingerprint density at radius 2 is 1.71 bits per heavy atom. The van der Waals surface area contributed by atoms with Crippen molar-refractivity contribution in [1.29, 1.82) is 0 Å². The van der Waals surface area contributed by atoms with E-state index >= 15 is 0 Å². The summed E-state index contributed by atoms with van der Waals surface area (Å²) in [6.07, 6.45) is 0.422. The molecule has 1 aliphatic rings.